The Hall–Kier alpha value is -2.88. The van der Waals surface area contributed by atoms with Crippen molar-refractivity contribution >= 4 is 18.0 Å². The first-order chi connectivity index (χ1) is 11.5. The molecule has 0 saturated heterocycles. The Morgan fingerprint density at radius 3 is 2.58 bits per heavy atom. The third-order valence-electron chi connectivity index (χ3n) is 3.43. The van der Waals surface area contributed by atoms with Crippen molar-refractivity contribution in [3.8, 4) is 0 Å². The molecule has 4 heteroatoms. The fourth-order valence-electron chi connectivity index (χ4n) is 2.13. The number of aryl methyl sites for hydroxylation is 1. The van der Waals surface area contributed by atoms with Gasteiger partial charge >= 0.3 is 5.97 Å². The summed E-state index contributed by atoms with van der Waals surface area (Å²) in [5.74, 6) is -0.866. The van der Waals surface area contributed by atoms with Crippen LogP contribution in [0.5, 0.6) is 0 Å². The van der Waals surface area contributed by atoms with Crippen LogP contribution in [0.4, 0.5) is 0 Å². The van der Waals surface area contributed by atoms with E-state index >= 15 is 0 Å². The van der Waals surface area contributed by atoms with Gasteiger partial charge < -0.3 is 10.1 Å². The van der Waals surface area contributed by atoms with Gasteiger partial charge in [-0.3, -0.25) is 4.79 Å². The molecule has 124 valence electrons. The standard InChI is InChI=1S/C20H21NO3/c1-15-7-6-10-17(13-15)11-12-19(22)24-16(2)20(23)21-14-18-8-4-3-5-9-18/h3-13,16H,14H2,1-2H3,(H,21,23)/b12-11+/t16-/m0/s1. The van der Waals surface area contributed by atoms with Gasteiger partial charge in [0.15, 0.2) is 6.10 Å². The molecule has 0 aliphatic carbocycles. The van der Waals surface area contributed by atoms with E-state index in [9.17, 15) is 9.59 Å². The van der Waals surface area contributed by atoms with Crippen LogP contribution in [0.1, 0.15) is 23.6 Å². The molecule has 1 amide bonds. The molecule has 1 N–H and O–H groups in total. The quantitative estimate of drug-likeness (QED) is 0.656. The van der Waals surface area contributed by atoms with E-state index < -0.39 is 12.1 Å². The average molecular weight is 323 g/mol. The summed E-state index contributed by atoms with van der Waals surface area (Å²) in [6.45, 7) is 3.94. The van der Waals surface area contributed by atoms with Gasteiger partial charge in [-0.2, -0.15) is 0 Å². The summed E-state index contributed by atoms with van der Waals surface area (Å²) >= 11 is 0. The topological polar surface area (TPSA) is 55.4 Å². The van der Waals surface area contributed by atoms with Crippen molar-refractivity contribution in [2.24, 2.45) is 0 Å². The summed E-state index contributed by atoms with van der Waals surface area (Å²) in [5.41, 5.74) is 3.01. The lowest BCUT2D eigenvalue weighted by Gasteiger charge is -2.12. The molecule has 4 nitrogen and oxygen atoms in total. The zero-order valence-corrected chi connectivity index (χ0v) is 13.9. The van der Waals surface area contributed by atoms with E-state index in [4.69, 9.17) is 4.74 Å². The Labute approximate surface area is 142 Å². The highest BCUT2D eigenvalue weighted by Gasteiger charge is 2.15. The van der Waals surface area contributed by atoms with Crippen molar-refractivity contribution in [2.45, 2.75) is 26.5 Å². The highest BCUT2D eigenvalue weighted by atomic mass is 16.5. The van der Waals surface area contributed by atoms with E-state index in [1.54, 1.807) is 13.0 Å². The predicted octanol–water partition coefficient (Wildman–Crippen LogP) is 3.26. The maximum atomic E-state index is 12.0. The number of carbonyl (C=O) groups is 2. The van der Waals surface area contributed by atoms with Crippen molar-refractivity contribution in [1.29, 1.82) is 0 Å². The zero-order valence-electron chi connectivity index (χ0n) is 13.9. The van der Waals surface area contributed by atoms with Gasteiger partial charge in [-0.25, -0.2) is 4.79 Å². The molecule has 0 aromatic heterocycles. The summed E-state index contributed by atoms with van der Waals surface area (Å²) in [6, 6.07) is 17.3. The first-order valence-corrected chi connectivity index (χ1v) is 7.81. The third kappa shape index (κ3) is 5.72. The molecule has 1 atom stereocenters. The molecule has 0 aliphatic rings. The third-order valence-corrected chi connectivity index (χ3v) is 3.43. The van der Waals surface area contributed by atoms with Gasteiger partial charge in [0.25, 0.3) is 5.91 Å². The Balaban J connectivity index is 1.81. The zero-order chi connectivity index (χ0) is 17.4. The molecule has 0 aliphatic heterocycles. The average Bonchev–Trinajstić information content (AvgIpc) is 2.59. The molecule has 0 heterocycles. The van der Waals surface area contributed by atoms with E-state index in [1.165, 1.54) is 6.08 Å². The van der Waals surface area contributed by atoms with E-state index in [-0.39, 0.29) is 5.91 Å². The second-order valence-corrected chi connectivity index (χ2v) is 5.53. The number of rotatable bonds is 6. The van der Waals surface area contributed by atoms with E-state index in [2.05, 4.69) is 5.32 Å². The number of hydrogen-bond acceptors (Lipinski definition) is 3. The Morgan fingerprint density at radius 2 is 1.88 bits per heavy atom. The molecule has 2 rings (SSSR count). The van der Waals surface area contributed by atoms with Crippen LogP contribution in [0.2, 0.25) is 0 Å². The van der Waals surface area contributed by atoms with Crippen molar-refractivity contribution in [3.63, 3.8) is 0 Å². The normalized spacial score (nSPS) is 11.9. The molecule has 0 unspecified atom stereocenters. The number of esters is 1. The van der Waals surface area contributed by atoms with Crippen LogP contribution in [0, 0.1) is 6.92 Å². The minimum absolute atomic E-state index is 0.323. The van der Waals surface area contributed by atoms with Crippen molar-refractivity contribution in [3.05, 3.63) is 77.4 Å². The van der Waals surface area contributed by atoms with Crippen LogP contribution in [0.15, 0.2) is 60.7 Å². The summed E-state index contributed by atoms with van der Waals surface area (Å²) in [5, 5.41) is 2.75. The molecule has 2 aromatic carbocycles. The maximum Gasteiger partial charge on any atom is 0.331 e. The van der Waals surface area contributed by atoms with Crippen LogP contribution in [0.3, 0.4) is 0 Å². The smallest absolute Gasteiger partial charge is 0.331 e. The van der Waals surface area contributed by atoms with Gasteiger partial charge in [0.05, 0.1) is 0 Å². The van der Waals surface area contributed by atoms with Crippen molar-refractivity contribution < 1.29 is 14.3 Å². The SMILES string of the molecule is Cc1cccc(/C=C/C(=O)O[C@@H](C)C(=O)NCc2ccccc2)c1. The number of hydrogen-bond donors (Lipinski definition) is 1. The summed E-state index contributed by atoms with van der Waals surface area (Å²) in [4.78, 5) is 23.8. The Bertz CT molecular complexity index is 723. The van der Waals surface area contributed by atoms with Crippen LogP contribution >= 0.6 is 0 Å². The minimum Gasteiger partial charge on any atom is -0.449 e. The highest BCUT2D eigenvalue weighted by molar-refractivity contribution is 5.90. The lowest BCUT2D eigenvalue weighted by molar-refractivity contribution is -0.150. The predicted molar refractivity (Wildman–Crippen MR) is 94.1 cm³/mol. The molecule has 0 bridgehead atoms. The van der Waals surface area contributed by atoms with Crippen LogP contribution < -0.4 is 5.32 Å². The first-order valence-electron chi connectivity index (χ1n) is 7.81. The van der Waals surface area contributed by atoms with Crippen LogP contribution in [0.25, 0.3) is 6.08 Å². The second kappa shape index (κ2) is 8.67. The van der Waals surface area contributed by atoms with E-state index in [1.807, 2.05) is 61.5 Å². The molecule has 0 radical (unpaired) electrons. The van der Waals surface area contributed by atoms with Gasteiger partial charge in [0.1, 0.15) is 0 Å². The van der Waals surface area contributed by atoms with Gasteiger partial charge in [0.2, 0.25) is 0 Å². The van der Waals surface area contributed by atoms with Gasteiger partial charge in [0, 0.05) is 12.6 Å². The minimum atomic E-state index is -0.844. The lowest BCUT2D eigenvalue weighted by atomic mass is 10.1. The van der Waals surface area contributed by atoms with Gasteiger partial charge in [-0.1, -0.05) is 60.2 Å². The highest BCUT2D eigenvalue weighted by Crippen LogP contribution is 2.06. The molecule has 0 saturated carbocycles. The lowest BCUT2D eigenvalue weighted by Crippen LogP contribution is -2.35. The van der Waals surface area contributed by atoms with E-state index in [0.29, 0.717) is 6.54 Å². The molecular formula is C20H21NO3. The van der Waals surface area contributed by atoms with Crippen LogP contribution in [-0.2, 0) is 20.9 Å². The molecule has 2 aromatic rings. The molecule has 0 fully saturated rings. The largest absolute Gasteiger partial charge is 0.449 e. The number of ether oxygens (including phenoxy) is 1. The van der Waals surface area contributed by atoms with Crippen molar-refractivity contribution in [2.75, 3.05) is 0 Å². The number of nitrogens with one attached hydrogen (secondary N) is 1. The summed E-state index contributed by atoms with van der Waals surface area (Å²) in [7, 11) is 0. The van der Waals surface area contributed by atoms with Gasteiger partial charge in [-0.15, -0.1) is 0 Å². The van der Waals surface area contributed by atoms with Gasteiger partial charge in [-0.05, 0) is 31.1 Å². The molecular weight excluding hydrogens is 302 g/mol. The number of benzene rings is 2. The Morgan fingerprint density at radius 1 is 1.12 bits per heavy atom. The summed E-state index contributed by atoms with van der Waals surface area (Å²) in [6.07, 6.45) is 2.16. The fourth-order valence-corrected chi connectivity index (χ4v) is 2.13. The second-order valence-electron chi connectivity index (χ2n) is 5.53. The maximum absolute atomic E-state index is 12.0. The van der Waals surface area contributed by atoms with Crippen molar-refractivity contribution in [1.82, 2.24) is 5.32 Å². The molecule has 24 heavy (non-hydrogen) atoms. The Kier molecular flexibility index (Phi) is 6.32. The van der Waals surface area contributed by atoms with E-state index in [0.717, 1.165) is 16.7 Å². The number of carbonyl (C=O) groups excluding carboxylic acids is 2. The summed E-state index contributed by atoms with van der Waals surface area (Å²) < 4.78 is 5.11. The molecule has 0 spiro atoms. The number of amides is 1. The fraction of sp³-hybridized carbons (Fsp3) is 0.200. The van der Waals surface area contributed by atoms with Crippen LogP contribution in [-0.4, -0.2) is 18.0 Å². The first kappa shape index (κ1) is 17.5. The monoisotopic (exact) mass is 323 g/mol.